The summed E-state index contributed by atoms with van der Waals surface area (Å²) >= 11 is 0. The summed E-state index contributed by atoms with van der Waals surface area (Å²) < 4.78 is 1.71. The number of anilines is 1. The lowest BCUT2D eigenvalue weighted by Crippen LogP contribution is -2.43. The molecule has 1 N–H and O–H groups in total. The van der Waals surface area contributed by atoms with E-state index in [1.165, 1.54) is 5.57 Å². The topological polar surface area (TPSA) is 80.1 Å². The molecule has 7 heteroatoms. The number of benzene rings is 1. The van der Waals surface area contributed by atoms with Crippen molar-refractivity contribution in [3.05, 3.63) is 59.6 Å². The normalized spacial score (nSPS) is 16.3. The van der Waals surface area contributed by atoms with Crippen LogP contribution in [0.1, 0.15) is 61.8 Å². The second-order valence-electron chi connectivity index (χ2n) is 10.2. The van der Waals surface area contributed by atoms with E-state index in [1.807, 2.05) is 77.0 Å². The molecule has 178 valence electrons. The highest BCUT2D eigenvalue weighted by Gasteiger charge is 2.30. The van der Waals surface area contributed by atoms with E-state index in [4.69, 9.17) is 0 Å². The Morgan fingerprint density at radius 2 is 1.94 bits per heavy atom. The van der Waals surface area contributed by atoms with Gasteiger partial charge in [0.1, 0.15) is 0 Å². The lowest BCUT2D eigenvalue weighted by molar-refractivity contribution is -0.140. The molecule has 0 saturated heterocycles. The number of aromatic nitrogens is 3. The maximum atomic E-state index is 12.9. The molecule has 34 heavy (non-hydrogen) atoms. The first-order valence-corrected chi connectivity index (χ1v) is 11.7. The van der Waals surface area contributed by atoms with Crippen LogP contribution in [0.3, 0.4) is 0 Å². The Balaban J connectivity index is 1.47. The minimum atomic E-state index is -0.376. The van der Waals surface area contributed by atoms with Gasteiger partial charge >= 0.3 is 0 Å². The van der Waals surface area contributed by atoms with E-state index in [1.54, 1.807) is 10.9 Å². The van der Waals surface area contributed by atoms with Crippen molar-refractivity contribution >= 4 is 34.0 Å². The Kier molecular flexibility index (Phi) is 6.30. The van der Waals surface area contributed by atoms with Gasteiger partial charge in [0, 0.05) is 30.9 Å². The Hall–Kier alpha value is -3.48. The number of fused-ring (bicyclic) bond motifs is 1. The minimum absolute atomic E-state index is 0.171. The number of hydrogen-bond acceptors (Lipinski definition) is 4. The van der Waals surface area contributed by atoms with Gasteiger partial charge in [-0.2, -0.15) is 5.10 Å². The second kappa shape index (κ2) is 9.05. The quantitative estimate of drug-likeness (QED) is 0.597. The zero-order chi connectivity index (χ0) is 24.6. The molecule has 0 saturated carbocycles. The fourth-order valence-corrected chi connectivity index (χ4v) is 4.63. The molecule has 2 aromatic heterocycles. The molecule has 1 aliphatic carbocycles. The maximum absolute atomic E-state index is 12.9. The van der Waals surface area contributed by atoms with Crippen LogP contribution in [0, 0.1) is 12.3 Å². The lowest BCUT2D eigenvalue weighted by Gasteiger charge is -2.35. The number of hydrogen-bond donors (Lipinski definition) is 1. The van der Waals surface area contributed by atoms with Crippen LogP contribution in [0.5, 0.6) is 0 Å². The molecular formula is C27H33N5O2. The second-order valence-corrected chi connectivity index (χ2v) is 10.2. The van der Waals surface area contributed by atoms with Gasteiger partial charge < -0.3 is 10.2 Å². The summed E-state index contributed by atoms with van der Waals surface area (Å²) in [5, 5.41) is 8.16. The number of aryl methyl sites for hydroxylation is 2. The van der Waals surface area contributed by atoms with Gasteiger partial charge in [0.05, 0.1) is 23.1 Å². The van der Waals surface area contributed by atoms with Crippen LogP contribution in [0.4, 0.5) is 5.69 Å². The third-order valence-electron chi connectivity index (χ3n) is 6.51. The van der Waals surface area contributed by atoms with Crippen molar-refractivity contribution in [1.82, 2.24) is 19.7 Å². The van der Waals surface area contributed by atoms with Crippen LogP contribution in [0.25, 0.3) is 16.5 Å². The number of carbonyl (C=O) groups excluding carboxylic acids is 2. The van der Waals surface area contributed by atoms with Gasteiger partial charge in [0.2, 0.25) is 5.91 Å². The van der Waals surface area contributed by atoms with Crippen LogP contribution in [0.15, 0.2) is 42.6 Å². The molecule has 3 aromatic rings. The molecule has 1 aliphatic rings. The monoisotopic (exact) mass is 459 g/mol. The predicted octanol–water partition coefficient (Wildman–Crippen LogP) is 4.97. The molecule has 2 amide bonds. The summed E-state index contributed by atoms with van der Waals surface area (Å²) in [5.41, 5.74) is 4.73. The Bertz CT molecular complexity index is 1280. The van der Waals surface area contributed by atoms with Crippen LogP contribution in [0.2, 0.25) is 0 Å². The summed E-state index contributed by atoms with van der Waals surface area (Å²) in [6.07, 6.45) is 6.50. The largest absolute Gasteiger partial charge is 0.342 e. The lowest BCUT2D eigenvalue weighted by atomic mass is 9.88. The van der Waals surface area contributed by atoms with Gasteiger partial charge in [-0.3, -0.25) is 19.3 Å². The number of rotatable bonds is 4. The maximum Gasteiger partial charge on any atom is 0.276 e. The average molecular weight is 460 g/mol. The SMILES string of the molecule is Cc1cc(NC(=O)c2nn(C)c3ccccc23)cnc1C1=CCC(N(C)C(=O)C(C)(C)C)CC1. The molecule has 0 bridgehead atoms. The van der Waals surface area contributed by atoms with Gasteiger partial charge in [0.15, 0.2) is 5.69 Å². The van der Waals surface area contributed by atoms with Gasteiger partial charge in [0.25, 0.3) is 5.91 Å². The first kappa shape index (κ1) is 23.7. The number of amides is 2. The van der Waals surface area contributed by atoms with Crippen molar-refractivity contribution < 1.29 is 9.59 Å². The van der Waals surface area contributed by atoms with Gasteiger partial charge in [-0.25, -0.2) is 0 Å². The van der Waals surface area contributed by atoms with E-state index in [0.29, 0.717) is 11.4 Å². The fraction of sp³-hybridized carbons (Fsp3) is 0.407. The molecule has 0 radical (unpaired) electrons. The van der Waals surface area contributed by atoms with Crippen molar-refractivity contribution in [3.8, 4) is 0 Å². The van der Waals surface area contributed by atoms with Crippen LogP contribution >= 0.6 is 0 Å². The standard InChI is InChI=1S/C27H33N5O2/c1-17-15-19(29-25(33)24-21-9-7-8-10-22(21)32(6)30-24)16-28-23(17)18-11-13-20(14-12-18)31(5)26(34)27(2,3)4/h7-11,15-16,20H,12-14H2,1-6H3,(H,29,33). The van der Waals surface area contributed by atoms with Crippen molar-refractivity contribution in [2.75, 3.05) is 12.4 Å². The minimum Gasteiger partial charge on any atom is -0.342 e. The Labute approximate surface area is 200 Å². The van der Waals surface area contributed by atoms with E-state index in [9.17, 15) is 9.59 Å². The summed E-state index contributed by atoms with van der Waals surface area (Å²) in [7, 11) is 3.74. The summed E-state index contributed by atoms with van der Waals surface area (Å²) in [5.74, 6) is -0.0820. The first-order chi connectivity index (χ1) is 16.1. The number of allylic oxidation sites excluding steroid dienone is 1. The van der Waals surface area contributed by atoms with Crippen molar-refractivity contribution in [2.45, 2.75) is 53.0 Å². The zero-order valence-electron chi connectivity index (χ0n) is 20.8. The highest BCUT2D eigenvalue weighted by molar-refractivity contribution is 6.11. The molecule has 1 unspecified atom stereocenters. The molecule has 0 spiro atoms. The van der Waals surface area contributed by atoms with Gasteiger partial charge in [-0.15, -0.1) is 0 Å². The van der Waals surface area contributed by atoms with Crippen LogP contribution in [-0.4, -0.2) is 44.6 Å². The summed E-state index contributed by atoms with van der Waals surface area (Å²) in [6.45, 7) is 7.88. The van der Waals surface area contributed by atoms with E-state index >= 15 is 0 Å². The average Bonchev–Trinajstić information content (AvgIpc) is 3.15. The fourth-order valence-electron chi connectivity index (χ4n) is 4.63. The number of carbonyl (C=O) groups is 2. The molecule has 0 fully saturated rings. The Morgan fingerprint density at radius 3 is 2.59 bits per heavy atom. The molecule has 7 nitrogen and oxygen atoms in total. The molecule has 0 aliphatic heterocycles. The van der Waals surface area contributed by atoms with Crippen LogP contribution in [-0.2, 0) is 11.8 Å². The van der Waals surface area contributed by atoms with E-state index in [0.717, 1.165) is 41.4 Å². The number of para-hydroxylation sites is 1. The summed E-state index contributed by atoms with van der Waals surface area (Å²) in [6, 6.07) is 9.84. The zero-order valence-corrected chi connectivity index (χ0v) is 20.8. The summed E-state index contributed by atoms with van der Waals surface area (Å²) in [4.78, 5) is 32.1. The molecule has 1 aromatic carbocycles. The smallest absolute Gasteiger partial charge is 0.276 e. The molecule has 4 rings (SSSR count). The van der Waals surface area contributed by atoms with Gasteiger partial charge in [-0.1, -0.05) is 45.0 Å². The highest BCUT2D eigenvalue weighted by Crippen LogP contribution is 2.32. The van der Waals surface area contributed by atoms with Crippen molar-refractivity contribution in [1.29, 1.82) is 0 Å². The van der Waals surface area contributed by atoms with E-state index in [-0.39, 0.29) is 23.3 Å². The molecule has 1 atom stereocenters. The van der Waals surface area contributed by atoms with Crippen LogP contribution < -0.4 is 5.32 Å². The van der Waals surface area contributed by atoms with Crippen molar-refractivity contribution in [2.24, 2.45) is 12.5 Å². The van der Waals surface area contributed by atoms with Crippen molar-refractivity contribution in [3.63, 3.8) is 0 Å². The molecule has 2 heterocycles. The first-order valence-electron chi connectivity index (χ1n) is 11.7. The third kappa shape index (κ3) is 4.60. The van der Waals surface area contributed by atoms with E-state index in [2.05, 4.69) is 21.5 Å². The number of nitrogens with one attached hydrogen (secondary N) is 1. The third-order valence-corrected chi connectivity index (χ3v) is 6.51. The van der Waals surface area contributed by atoms with Gasteiger partial charge in [-0.05, 0) is 49.5 Å². The molecular weight excluding hydrogens is 426 g/mol. The highest BCUT2D eigenvalue weighted by atomic mass is 16.2. The number of pyridine rings is 1. The predicted molar refractivity (Wildman–Crippen MR) is 135 cm³/mol. The Morgan fingerprint density at radius 1 is 1.21 bits per heavy atom. The number of nitrogens with zero attached hydrogens (tertiary/aromatic N) is 4. The van der Waals surface area contributed by atoms with E-state index < -0.39 is 0 Å².